The van der Waals surface area contributed by atoms with Gasteiger partial charge in [0, 0.05) is 6.42 Å². The zero-order valence-corrected chi connectivity index (χ0v) is 17.3. The summed E-state index contributed by atoms with van der Waals surface area (Å²) in [7, 11) is 0. The number of carboxylic acid groups (broad SMARTS) is 1. The highest BCUT2D eigenvalue weighted by atomic mass is 16.4. The Morgan fingerprint density at radius 2 is 1.47 bits per heavy atom. The SMILES string of the molecule is CC(NC(=O)C(CC(N)=O)NC(=O)C(Cc1ccc(O)cc1)NC(=O)C(N)CO)C(=O)O. The van der Waals surface area contributed by atoms with Crippen molar-refractivity contribution in [1.82, 2.24) is 16.0 Å². The Morgan fingerprint density at radius 3 is 1.97 bits per heavy atom. The molecule has 10 N–H and O–H groups in total. The topological polar surface area (TPSA) is 234 Å². The Morgan fingerprint density at radius 1 is 0.938 bits per heavy atom. The van der Waals surface area contributed by atoms with E-state index in [4.69, 9.17) is 21.7 Å². The van der Waals surface area contributed by atoms with Crippen molar-refractivity contribution in [2.24, 2.45) is 11.5 Å². The number of carbonyl (C=O) groups is 5. The number of carbonyl (C=O) groups excluding carboxylic acids is 4. The Kier molecular flexibility index (Phi) is 10.1. The lowest BCUT2D eigenvalue weighted by Gasteiger charge is -2.24. The van der Waals surface area contributed by atoms with Gasteiger partial charge in [-0.3, -0.25) is 24.0 Å². The fourth-order valence-electron chi connectivity index (χ4n) is 2.50. The predicted octanol–water partition coefficient (Wildman–Crippen LogP) is -3.31. The number of benzene rings is 1. The highest BCUT2D eigenvalue weighted by molar-refractivity contribution is 5.96. The van der Waals surface area contributed by atoms with Crippen LogP contribution >= 0.6 is 0 Å². The maximum Gasteiger partial charge on any atom is 0.325 e. The van der Waals surface area contributed by atoms with Gasteiger partial charge in [0.1, 0.15) is 29.9 Å². The van der Waals surface area contributed by atoms with Crippen LogP contribution in [0.5, 0.6) is 5.75 Å². The molecule has 4 unspecified atom stereocenters. The maximum atomic E-state index is 12.8. The van der Waals surface area contributed by atoms with Crippen LogP contribution in [-0.2, 0) is 30.4 Å². The van der Waals surface area contributed by atoms with Gasteiger partial charge in [0.05, 0.1) is 13.0 Å². The van der Waals surface area contributed by atoms with Gasteiger partial charge in [-0.15, -0.1) is 0 Å². The zero-order chi connectivity index (χ0) is 24.4. The number of hydrogen-bond donors (Lipinski definition) is 8. The normalized spacial score (nSPS) is 14.3. The van der Waals surface area contributed by atoms with E-state index in [1.165, 1.54) is 31.2 Å². The molecular weight excluding hydrogens is 426 g/mol. The number of aromatic hydroxyl groups is 1. The van der Waals surface area contributed by atoms with Crippen molar-refractivity contribution in [2.45, 2.75) is 43.9 Å². The molecule has 0 aliphatic carbocycles. The van der Waals surface area contributed by atoms with Crippen molar-refractivity contribution in [3.8, 4) is 5.75 Å². The van der Waals surface area contributed by atoms with Crippen molar-refractivity contribution >= 4 is 29.6 Å². The molecule has 0 heterocycles. The van der Waals surface area contributed by atoms with E-state index in [-0.39, 0.29) is 12.2 Å². The first-order chi connectivity index (χ1) is 14.9. The summed E-state index contributed by atoms with van der Waals surface area (Å²) in [5.74, 6) is -4.99. The standard InChI is InChI=1S/C19H27N5O8/c1-9(19(31)32)22-17(29)14(7-15(21)27)24-18(30)13(23-16(28)12(20)8-25)6-10-2-4-11(26)5-3-10/h2-5,9,12-14,25-26H,6-8,20H2,1H3,(H2,21,27)(H,22,29)(H,23,28)(H,24,30)(H,31,32). The van der Waals surface area contributed by atoms with Crippen LogP contribution in [0.25, 0.3) is 0 Å². The van der Waals surface area contributed by atoms with Crippen LogP contribution in [0.1, 0.15) is 18.9 Å². The zero-order valence-electron chi connectivity index (χ0n) is 17.3. The lowest BCUT2D eigenvalue weighted by atomic mass is 10.0. The summed E-state index contributed by atoms with van der Waals surface area (Å²) in [4.78, 5) is 59.6. The maximum absolute atomic E-state index is 12.8. The van der Waals surface area contributed by atoms with Crippen LogP contribution in [0.15, 0.2) is 24.3 Å². The average Bonchev–Trinajstić information content (AvgIpc) is 2.72. The molecule has 0 bridgehead atoms. The van der Waals surface area contributed by atoms with Gasteiger partial charge >= 0.3 is 5.97 Å². The minimum absolute atomic E-state index is 0.0215. The third kappa shape index (κ3) is 8.57. The van der Waals surface area contributed by atoms with E-state index in [0.717, 1.165) is 0 Å². The molecule has 0 aliphatic rings. The summed E-state index contributed by atoms with van der Waals surface area (Å²) in [6.07, 6.45) is -0.716. The van der Waals surface area contributed by atoms with Gasteiger partial charge in [-0.25, -0.2) is 0 Å². The quantitative estimate of drug-likeness (QED) is 0.158. The van der Waals surface area contributed by atoms with E-state index >= 15 is 0 Å². The summed E-state index contributed by atoms with van der Waals surface area (Å²) in [6.45, 7) is 0.507. The van der Waals surface area contributed by atoms with Gasteiger partial charge in [0.25, 0.3) is 0 Å². The molecule has 0 aromatic heterocycles. The molecule has 0 spiro atoms. The Labute approximate surface area is 183 Å². The highest BCUT2D eigenvalue weighted by Crippen LogP contribution is 2.12. The smallest absolute Gasteiger partial charge is 0.325 e. The molecule has 1 aromatic rings. The molecule has 0 saturated carbocycles. The molecule has 176 valence electrons. The van der Waals surface area contributed by atoms with E-state index in [2.05, 4.69) is 16.0 Å². The summed E-state index contributed by atoms with van der Waals surface area (Å²) in [5, 5.41) is 34.1. The molecule has 0 saturated heterocycles. The van der Waals surface area contributed by atoms with Gasteiger partial charge in [-0.05, 0) is 24.6 Å². The van der Waals surface area contributed by atoms with Gasteiger partial charge in [0.15, 0.2) is 0 Å². The van der Waals surface area contributed by atoms with Crippen LogP contribution in [0, 0.1) is 0 Å². The Bertz CT molecular complexity index is 845. The number of carboxylic acids is 1. The van der Waals surface area contributed by atoms with Crippen molar-refractivity contribution in [3.05, 3.63) is 29.8 Å². The second-order valence-electron chi connectivity index (χ2n) is 7.02. The number of phenolic OH excluding ortho intramolecular Hbond substituents is 1. The molecular formula is C19H27N5O8. The molecule has 32 heavy (non-hydrogen) atoms. The van der Waals surface area contributed by atoms with Crippen molar-refractivity contribution in [3.63, 3.8) is 0 Å². The van der Waals surface area contributed by atoms with E-state index < -0.39 is 66.8 Å². The monoisotopic (exact) mass is 453 g/mol. The van der Waals surface area contributed by atoms with Gasteiger partial charge in [-0.2, -0.15) is 0 Å². The van der Waals surface area contributed by atoms with Crippen LogP contribution < -0.4 is 27.4 Å². The number of phenols is 1. The van der Waals surface area contributed by atoms with Crippen LogP contribution in [0.3, 0.4) is 0 Å². The van der Waals surface area contributed by atoms with Gasteiger partial charge < -0.3 is 42.7 Å². The minimum atomic E-state index is -1.51. The van der Waals surface area contributed by atoms with Crippen LogP contribution in [0.2, 0.25) is 0 Å². The van der Waals surface area contributed by atoms with E-state index in [1.54, 1.807) is 0 Å². The number of hydrogen-bond acceptors (Lipinski definition) is 8. The fourth-order valence-corrected chi connectivity index (χ4v) is 2.50. The van der Waals surface area contributed by atoms with Crippen molar-refractivity contribution in [2.75, 3.05) is 6.61 Å². The second-order valence-corrected chi connectivity index (χ2v) is 7.02. The van der Waals surface area contributed by atoms with Crippen molar-refractivity contribution < 1.29 is 39.3 Å². The number of aliphatic hydroxyl groups excluding tert-OH is 1. The Hall–Kier alpha value is -3.71. The lowest BCUT2D eigenvalue weighted by Crippen LogP contribution is -2.58. The summed E-state index contributed by atoms with van der Waals surface area (Å²) in [5.41, 5.74) is 11.1. The molecule has 1 rings (SSSR count). The first-order valence-corrected chi connectivity index (χ1v) is 9.51. The summed E-state index contributed by atoms with van der Waals surface area (Å²) < 4.78 is 0. The molecule has 1 aromatic carbocycles. The van der Waals surface area contributed by atoms with Crippen LogP contribution in [-0.4, -0.2) is 75.7 Å². The molecule has 4 atom stereocenters. The highest BCUT2D eigenvalue weighted by Gasteiger charge is 2.30. The summed E-state index contributed by atoms with van der Waals surface area (Å²) in [6, 6.07) is 0.309. The molecule has 13 heteroatoms. The molecule has 4 amide bonds. The average molecular weight is 453 g/mol. The third-order valence-corrected chi connectivity index (χ3v) is 4.31. The minimum Gasteiger partial charge on any atom is -0.508 e. The van der Waals surface area contributed by atoms with E-state index in [0.29, 0.717) is 5.56 Å². The van der Waals surface area contributed by atoms with Crippen molar-refractivity contribution in [1.29, 1.82) is 0 Å². The second kappa shape index (κ2) is 12.2. The van der Waals surface area contributed by atoms with Crippen LogP contribution in [0.4, 0.5) is 0 Å². The number of nitrogens with two attached hydrogens (primary N) is 2. The van der Waals surface area contributed by atoms with Gasteiger partial charge in [-0.1, -0.05) is 12.1 Å². The largest absolute Gasteiger partial charge is 0.508 e. The van der Waals surface area contributed by atoms with E-state index in [9.17, 15) is 29.1 Å². The predicted molar refractivity (Wildman–Crippen MR) is 110 cm³/mol. The third-order valence-electron chi connectivity index (χ3n) is 4.31. The molecule has 0 radical (unpaired) electrons. The first-order valence-electron chi connectivity index (χ1n) is 9.51. The molecule has 0 fully saturated rings. The lowest BCUT2D eigenvalue weighted by molar-refractivity contribution is -0.142. The van der Waals surface area contributed by atoms with E-state index in [1.807, 2.05) is 0 Å². The Balaban J connectivity index is 3.07. The number of amides is 4. The molecule has 13 nitrogen and oxygen atoms in total. The summed E-state index contributed by atoms with van der Waals surface area (Å²) >= 11 is 0. The number of rotatable bonds is 12. The first kappa shape index (κ1) is 26.3. The number of aliphatic carboxylic acids is 1. The van der Waals surface area contributed by atoms with Gasteiger partial charge in [0.2, 0.25) is 23.6 Å². The number of primary amides is 1. The molecule has 0 aliphatic heterocycles. The number of nitrogens with one attached hydrogen (secondary N) is 3. The number of aliphatic hydroxyl groups is 1. The fraction of sp³-hybridized carbons (Fsp3) is 0.421.